The van der Waals surface area contributed by atoms with Crippen molar-refractivity contribution in [2.75, 3.05) is 12.3 Å². The molecule has 33 heavy (non-hydrogen) atoms. The number of piperidine rings is 1. The maximum absolute atomic E-state index is 15.2. The van der Waals surface area contributed by atoms with Gasteiger partial charge in [0.05, 0.1) is 49.9 Å². The number of thiazole rings is 1. The minimum absolute atomic E-state index is 0.0400. The van der Waals surface area contributed by atoms with Crippen LogP contribution in [-0.2, 0) is 7.05 Å². The molecular formula is C24H21FN6OS. The van der Waals surface area contributed by atoms with Crippen LogP contribution in [0.2, 0.25) is 0 Å². The molecule has 1 aliphatic rings. The van der Waals surface area contributed by atoms with Gasteiger partial charge in [0.15, 0.2) is 0 Å². The number of nitrogen functional groups attached to an aromatic ring is 1. The lowest BCUT2D eigenvalue weighted by Gasteiger charge is -2.36. The van der Waals surface area contributed by atoms with Crippen LogP contribution >= 0.6 is 11.3 Å². The summed E-state index contributed by atoms with van der Waals surface area (Å²) in [6, 6.07) is 8.92. The normalized spacial score (nSPS) is 16.8. The lowest BCUT2D eigenvalue weighted by molar-refractivity contribution is 0.0607. The number of fused-ring (bicyclic) bond motifs is 4. The van der Waals surface area contributed by atoms with E-state index in [-0.39, 0.29) is 23.3 Å². The predicted octanol–water partition coefficient (Wildman–Crippen LogP) is 4.82. The van der Waals surface area contributed by atoms with Crippen molar-refractivity contribution in [2.24, 2.45) is 7.05 Å². The molecule has 0 saturated carbocycles. The summed E-state index contributed by atoms with van der Waals surface area (Å²) in [4.78, 5) is 24.2. The van der Waals surface area contributed by atoms with Crippen LogP contribution < -0.4 is 5.73 Å². The van der Waals surface area contributed by atoms with Crippen molar-refractivity contribution in [3.63, 3.8) is 0 Å². The van der Waals surface area contributed by atoms with E-state index in [1.807, 2.05) is 17.6 Å². The highest BCUT2D eigenvalue weighted by atomic mass is 32.1. The smallest absolute Gasteiger partial charge is 0.257 e. The number of hydrogen-bond donors (Lipinski definition) is 1. The summed E-state index contributed by atoms with van der Waals surface area (Å²) in [5.41, 5.74) is 11.0. The lowest BCUT2D eigenvalue weighted by atomic mass is 9.94. The average Bonchev–Trinajstić information content (AvgIpc) is 3.45. The molecule has 1 fully saturated rings. The largest absolute Gasteiger partial charge is 0.383 e. The van der Waals surface area contributed by atoms with E-state index in [9.17, 15) is 4.79 Å². The van der Waals surface area contributed by atoms with E-state index in [1.165, 1.54) is 6.07 Å². The number of benzene rings is 2. The standard InChI is InChI=1S/C24H21FN6OS/c1-30-22-15-9-14(17(25)10-18(15)29-23(26)16(22)11-28-30)24(32)31-7-3-2-4-20(31)13-5-6-21-19(8-13)27-12-33-21/h5-6,8-12,20H,2-4,7H2,1H3,(H2,26,29). The van der Waals surface area contributed by atoms with Crippen molar-refractivity contribution in [1.82, 2.24) is 24.6 Å². The van der Waals surface area contributed by atoms with Crippen LogP contribution in [0.15, 0.2) is 42.0 Å². The Balaban J connectivity index is 1.46. The predicted molar refractivity (Wildman–Crippen MR) is 128 cm³/mol. The van der Waals surface area contributed by atoms with Crippen LogP contribution in [0.1, 0.15) is 41.2 Å². The first kappa shape index (κ1) is 20.0. The summed E-state index contributed by atoms with van der Waals surface area (Å²) in [6.07, 6.45) is 4.38. The topological polar surface area (TPSA) is 89.9 Å². The molecule has 5 aromatic rings. The van der Waals surface area contributed by atoms with E-state index in [1.54, 1.807) is 40.2 Å². The fourth-order valence-electron chi connectivity index (χ4n) is 4.90. The van der Waals surface area contributed by atoms with Crippen LogP contribution in [0, 0.1) is 5.82 Å². The molecule has 1 amide bonds. The van der Waals surface area contributed by atoms with E-state index >= 15 is 4.39 Å². The Bertz CT molecular complexity index is 1560. The summed E-state index contributed by atoms with van der Waals surface area (Å²) in [6.45, 7) is 0.581. The number of anilines is 1. The number of nitrogens with two attached hydrogens (primary N) is 1. The van der Waals surface area contributed by atoms with Crippen LogP contribution in [0.5, 0.6) is 0 Å². The Labute approximate surface area is 192 Å². The van der Waals surface area contributed by atoms with Gasteiger partial charge in [-0.05, 0) is 43.0 Å². The number of halogens is 1. The molecular weight excluding hydrogens is 439 g/mol. The maximum atomic E-state index is 15.2. The van der Waals surface area contributed by atoms with Crippen molar-refractivity contribution >= 4 is 55.1 Å². The molecule has 2 N–H and O–H groups in total. The summed E-state index contributed by atoms with van der Waals surface area (Å²) < 4.78 is 18.0. The van der Waals surface area contributed by atoms with Crippen LogP contribution in [0.4, 0.5) is 10.2 Å². The summed E-state index contributed by atoms with van der Waals surface area (Å²) in [7, 11) is 1.79. The van der Waals surface area contributed by atoms with Gasteiger partial charge in [0.2, 0.25) is 0 Å². The molecule has 6 rings (SSSR count). The van der Waals surface area contributed by atoms with Gasteiger partial charge >= 0.3 is 0 Å². The van der Waals surface area contributed by atoms with Crippen molar-refractivity contribution in [1.29, 1.82) is 0 Å². The second-order valence-electron chi connectivity index (χ2n) is 8.47. The van der Waals surface area contributed by atoms with Crippen molar-refractivity contribution < 1.29 is 9.18 Å². The second kappa shape index (κ2) is 7.48. The number of aryl methyl sites for hydroxylation is 1. The fraction of sp³-hybridized carbons (Fsp3) is 0.250. The van der Waals surface area contributed by atoms with Crippen molar-refractivity contribution in [3.05, 3.63) is 59.0 Å². The van der Waals surface area contributed by atoms with Gasteiger partial charge in [0.1, 0.15) is 11.6 Å². The highest BCUT2D eigenvalue weighted by Crippen LogP contribution is 2.35. The number of aromatic nitrogens is 4. The third-order valence-electron chi connectivity index (χ3n) is 6.53. The molecule has 1 unspecified atom stereocenters. The van der Waals surface area contributed by atoms with Gasteiger partial charge in [0.25, 0.3) is 5.91 Å². The molecule has 1 atom stereocenters. The fourth-order valence-corrected chi connectivity index (χ4v) is 5.56. The van der Waals surface area contributed by atoms with Gasteiger partial charge in [-0.1, -0.05) is 6.07 Å². The van der Waals surface area contributed by atoms with E-state index in [0.29, 0.717) is 22.8 Å². The Hall–Kier alpha value is -3.59. The number of carbonyl (C=O) groups excluding carboxylic acids is 1. The molecule has 0 spiro atoms. The van der Waals surface area contributed by atoms with Gasteiger partial charge in [-0.2, -0.15) is 5.10 Å². The monoisotopic (exact) mass is 460 g/mol. The van der Waals surface area contributed by atoms with Crippen molar-refractivity contribution in [2.45, 2.75) is 25.3 Å². The number of likely N-dealkylation sites (tertiary alicyclic amines) is 1. The molecule has 4 heterocycles. The molecule has 1 aliphatic heterocycles. The van der Waals surface area contributed by atoms with E-state index < -0.39 is 5.82 Å². The van der Waals surface area contributed by atoms with Crippen LogP contribution in [0.3, 0.4) is 0 Å². The van der Waals surface area contributed by atoms with E-state index in [4.69, 9.17) is 5.73 Å². The lowest BCUT2D eigenvalue weighted by Crippen LogP contribution is -2.38. The highest BCUT2D eigenvalue weighted by Gasteiger charge is 2.31. The van der Waals surface area contributed by atoms with Gasteiger partial charge < -0.3 is 10.6 Å². The summed E-state index contributed by atoms with van der Waals surface area (Å²) in [5.74, 6) is -0.623. The van der Waals surface area contributed by atoms with E-state index in [2.05, 4.69) is 21.1 Å². The van der Waals surface area contributed by atoms with Crippen LogP contribution in [0.25, 0.3) is 32.0 Å². The van der Waals surface area contributed by atoms with Gasteiger partial charge in [-0.15, -0.1) is 11.3 Å². The zero-order valence-corrected chi connectivity index (χ0v) is 18.8. The molecule has 0 bridgehead atoms. The first-order valence-corrected chi connectivity index (χ1v) is 11.7. The molecule has 0 aliphatic carbocycles. The number of rotatable bonds is 2. The molecule has 0 radical (unpaired) electrons. The van der Waals surface area contributed by atoms with Gasteiger partial charge in [-0.25, -0.2) is 14.4 Å². The minimum atomic E-state index is -0.597. The first-order valence-electron chi connectivity index (χ1n) is 10.9. The minimum Gasteiger partial charge on any atom is -0.383 e. The van der Waals surface area contributed by atoms with Gasteiger partial charge in [0, 0.05) is 25.0 Å². The SMILES string of the molecule is Cn1ncc2c(N)nc3cc(F)c(C(=O)N4CCCCC4c4ccc5scnc5c4)cc3c21. The van der Waals surface area contributed by atoms with E-state index in [0.717, 1.165) is 40.6 Å². The molecule has 3 aromatic heterocycles. The van der Waals surface area contributed by atoms with Gasteiger partial charge in [-0.3, -0.25) is 9.48 Å². The quantitative estimate of drug-likeness (QED) is 0.408. The summed E-state index contributed by atoms with van der Waals surface area (Å²) >= 11 is 1.59. The highest BCUT2D eigenvalue weighted by molar-refractivity contribution is 7.16. The van der Waals surface area contributed by atoms with Crippen molar-refractivity contribution in [3.8, 4) is 0 Å². The number of nitrogens with zero attached hydrogens (tertiary/aromatic N) is 5. The Morgan fingerprint density at radius 2 is 2.06 bits per heavy atom. The molecule has 2 aromatic carbocycles. The van der Waals surface area contributed by atoms with Crippen LogP contribution in [-0.4, -0.2) is 37.1 Å². The molecule has 166 valence electrons. The number of hydrogen-bond acceptors (Lipinski definition) is 6. The molecule has 7 nitrogen and oxygen atoms in total. The first-order chi connectivity index (χ1) is 16.0. The molecule has 1 saturated heterocycles. The average molecular weight is 461 g/mol. The maximum Gasteiger partial charge on any atom is 0.257 e. The molecule has 9 heteroatoms. The summed E-state index contributed by atoms with van der Waals surface area (Å²) in [5, 5.41) is 5.61. The number of amides is 1. The Morgan fingerprint density at radius 1 is 1.18 bits per heavy atom. The zero-order chi connectivity index (χ0) is 22.7. The number of pyridine rings is 1. The number of carbonyl (C=O) groups is 1. The third-order valence-corrected chi connectivity index (χ3v) is 7.34. The Kier molecular flexibility index (Phi) is 4.55. The second-order valence-corrected chi connectivity index (χ2v) is 9.35. The Morgan fingerprint density at radius 3 is 2.94 bits per heavy atom. The third kappa shape index (κ3) is 3.14. The zero-order valence-electron chi connectivity index (χ0n) is 18.0.